The average molecular weight is 279 g/mol. The first-order chi connectivity index (χ1) is 9.45. The first kappa shape index (κ1) is 15.9. The number of hydrogen-bond acceptors (Lipinski definition) is 3. The third-order valence-corrected chi connectivity index (χ3v) is 3.67. The Balaban J connectivity index is 2.61. The normalized spacial score (nSPS) is 11.8. The predicted octanol–water partition coefficient (Wildman–Crippen LogP) is 1.44. The molecule has 6 heteroatoms. The van der Waals surface area contributed by atoms with E-state index >= 15 is 0 Å². The second-order valence-corrected chi connectivity index (χ2v) is 4.72. The van der Waals surface area contributed by atoms with E-state index in [1.807, 2.05) is 13.8 Å². The van der Waals surface area contributed by atoms with Crippen LogP contribution in [0.2, 0.25) is 0 Å². The van der Waals surface area contributed by atoms with Crippen molar-refractivity contribution < 1.29 is 14.7 Å². The maximum Gasteiger partial charge on any atom is 0.311 e. The number of aliphatic carboxylic acids is 1. The van der Waals surface area contributed by atoms with Crippen LogP contribution in [0.5, 0.6) is 0 Å². The summed E-state index contributed by atoms with van der Waals surface area (Å²) in [6, 6.07) is 1.78. The van der Waals surface area contributed by atoms with Crippen molar-refractivity contribution in [3.05, 3.63) is 24.0 Å². The molecular formula is C14H21N3O3. The largest absolute Gasteiger partial charge is 0.481 e. The minimum Gasteiger partial charge on any atom is -0.481 e. The molecule has 0 spiro atoms. The van der Waals surface area contributed by atoms with Gasteiger partial charge in [-0.1, -0.05) is 13.8 Å². The van der Waals surface area contributed by atoms with Crippen molar-refractivity contribution in [1.29, 1.82) is 0 Å². The van der Waals surface area contributed by atoms with E-state index in [4.69, 9.17) is 0 Å². The van der Waals surface area contributed by atoms with E-state index in [2.05, 4.69) is 10.4 Å². The van der Waals surface area contributed by atoms with Crippen LogP contribution in [0, 0.1) is 5.41 Å². The molecule has 0 saturated carbocycles. The molecule has 0 fully saturated rings. The number of carboxylic acid groups (broad SMARTS) is 1. The van der Waals surface area contributed by atoms with Gasteiger partial charge in [0, 0.05) is 25.9 Å². The van der Waals surface area contributed by atoms with E-state index in [-0.39, 0.29) is 12.5 Å². The number of aryl methyl sites for hydroxylation is 1. The van der Waals surface area contributed by atoms with Gasteiger partial charge in [0.1, 0.15) is 0 Å². The van der Waals surface area contributed by atoms with Crippen LogP contribution < -0.4 is 5.32 Å². The standard InChI is InChI=1S/C14H21N3O3/c1-4-14(5-2,13(19)20)10-15-12(18)7-6-11-8-9-16-17(11)3/h6-9H,4-5,10H2,1-3H3,(H,15,18)(H,19,20)/b7-6+. The summed E-state index contributed by atoms with van der Waals surface area (Å²) in [5.74, 6) is -1.18. The Labute approximate surface area is 118 Å². The third-order valence-electron chi connectivity index (χ3n) is 3.67. The number of amides is 1. The van der Waals surface area contributed by atoms with Gasteiger partial charge in [-0.25, -0.2) is 0 Å². The molecule has 1 amide bonds. The number of aromatic nitrogens is 2. The first-order valence-corrected chi connectivity index (χ1v) is 6.62. The summed E-state index contributed by atoms with van der Waals surface area (Å²) in [6.45, 7) is 3.76. The summed E-state index contributed by atoms with van der Waals surface area (Å²) in [4.78, 5) is 23.0. The molecule has 6 nitrogen and oxygen atoms in total. The van der Waals surface area contributed by atoms with Crippen LogP contribution in [0.3, 0.4) is 0 Å². The van der Waals surface area contributed by atoms with Crippen LogP contribution in [-0.4, -0.2) is 33.3 Å². The maximum atomic E-state index is 11.7. The fourth-order valence-corrected chi connectivity index (χ4v) is 1.90. The predicted molar refractivity (Wildman–Crippen MR) is 75.9 cm³/mol. The number of rotatable bonds is 7. The van der Waals surface area contributed by atoms with Gasteiger partial charge in [-0.3, -0.25) is 14.3 Å². The van der Waals surface area contributed by atoms with Gasteiger partial charge < -0.3 is 10.4 Å². The Morgan fingerprint density at radius 3 is 2.55 bits per heavy atom. The van der Waals surface area contributed by atoms with Gasteiger partial charge in [-0.15, -0.1) is 0 Å². The molecule has 1 heterocycles. The zero-order chi connectivity index (χ0) is 15.2. The molecule has 2 N–H and O–H groups in total. The second-order valence-electron chi connectivity index (χ2n) is 4.72. The second kappa shape index (κ2) is 6.88. The molecule has 0 bridgehead atoms. The van der Waals surface area contributed by atoms with Crippen molar-refractivity contribution in [3.63, 3.8) is 0 Å². The number of nitrogens with zero attached hydrogens (tertiary/aromatic N) is 2. The smallest absolute Gasteiger partial charge is 0.311 e. The van der Waals surface area contributed by atoms with Crippen molar-refractivity contribution >= 4 is 18.0 Å². The highest BCUT2D eigenvalue weighted by Crippen LogP contribution is 2.25. The first-order valence-electron chi connectivity index (χ1n) is 6.62. The molecule has 0 aromatic carbocycles. The van der Waals surface area contributed by atoms with Crippen LogP contribution in [0.15, 0.2) is 18.3 Å². The zero-order valence-electron chi connectivity index (χ0n) is 12.1. The van der Waals surface area contributed by atoms with Crippen LogP contribution in [0.1, 0.15) is 32.4 Å². The highest BCUT2D eigenvalue weighted by molar-refractivity contribution is 5.91. The van der Waals surface area contributed by atoms with Crippen molar-refractivity contribution in [1.82, 2.24) is 15.1 Å². The van der Waals surface area contributed by atoms with Gasteiger partial charge in [0.15, 0.2) is 0 Å². The van der Waals surface area contributed by atoms with E-state index in [0.717, 1.165) is 5.69 Å². The minimum atomic E-state index is -0.893. The van der Waals surface area contributed by atoms with Crippen molar-refractivity contribution in [2.24, 2.45) is 12.5 Å². The molecule has 0 radical (unpaired) electrons. The molecule has 0 aliphatic rings. The summed E-state index contributed by atoms with van der Waals surface area (Å²) in [5.41, 5.74) is -0.0913. The lowest BCUT2D eigenvalue weighted by Crippen LogP contribution is -2.41. The Morgan fingerprint density at radius 1 is 1.45 bits per heavy atom. The molecular weight excluding hydrogens is 258 g/mol. The van der Waals surface area contributed by atoms with Gasteiger partial charge >= 0.3 is 5.97 Å². The number of nitrogens with one attached hydrogen (secondary N) is 1. The fourth-order valence-electron chi connectivity index (χ4n) is 1.90. The highest BCUT2D eigenvalue weighted by Gasteiger charge is 2.34. The van der Waals surface area contributed by atoms with E-state index in [9.17, 15) is 14.7 Å². The summed E-state index contributed by atoms with van der Waals surface area (Å²) in [5, 5.41) is 15.9. The average Bonchev–Trinajstić information content (AvgIpc) is 2.83. The monoisotopic (exact) mass is 279 g/mol. The Morgan fingerprint density at radius 2 is 2.10 bits per heavy atom. The summed E-state index contributed by atoms with van der Waals surface area (Å²) < 4.78 is 1.64. The quantitative estimate of drug-likeness (QED) is 0.740. The number of carbonyl (C=O) groups is 2. The van der Waals surface area contributed by atoms with Crippen LogP contribution in [0.25, 0.3) is 6.08 Å². The molecule has 20 heavy (non-hydrogen) atoms. The molecule has 0 aliphatic carbocycles. The highest BCUT2D eigenvalue weighted by atomic mass is 16.4. The van der Waals surface area contributed by atoms with Gasteiger partial charge in [-0.2, -0.15) is 5.10 Å². The molecule has 0 aliphatic heterocycles. The fraction of sp³-hybridized carbons (Fsp3) is 0.500. The lowest BCUT2D eigenvalue weighted by molar-refractivity contribution is -0.149. The molecule has 0 unspecified atom stereocenters. The van der Waals surface area contributed by atoms with Crippen molar-refractivity contribution in [2.45, 2.75) is 26.7 Å². The van der Waals surface area contributed by atoms with E-state index in [1.165, 1.54) is 6.08 Å². The minimum absolute atomic E-state index is 0.129. The SMILES string of the molecule is CCC(CC)(CNC(=O)/C=C/c1ccnn1C)C(=O)O. The van der Waals surface area contributed by atoms with Gasteiger partial charge in [0.05, 0.1) is 11.1 Å². The molecule has 1 aromatic rings. The summed E-state index contributed by atoms with van der Waals surface area (Å²) >= 11 is 0. The number of hydrogen-bond donors (Lipinski definition) is 2. The van der Waals surface area contributed by atoms with E-state index in [1.54, 1.807) is 30.1 Å². The Bertz CT molecular complexity index is 502. The molecule has 110 valence electrons. The van der Waals surface area contributed by atoms with Gasteiger partial charge in [-0.05, 0) is 25.0 Å². The van der Waals surface area contributed by atoms with Crippen LogP contribution in [0.4, 0.5) is 0 Å². The van der Waals surface area contributed by atoms with E-state index in [0.29, 0.717) is 12.8 Å². The Hall–Kier alpha value is -2.11. The van der Waals surface area contributed by atoms with Gasteiger partial charge in [0.25, 0.3) is 0 Å². The van der Waals surface area contributed by atoms with E-state index < -0.39 is 11.4 Å². The summed E-state index contributed by atoms with van der Waals surface area (Å²) in [7, 11) is 1.78. The van der Waals surface area contributed by atoms with Crippen LogP contribution >= 0.6 is 0 Å². The molecule has 0 saturated heterocycles. The molecule has 1 aromatic heterocycles. The summed E-state index contributed by atoms with van der Waals surface area (Å²) in [6.07, 6.45) is 5.62. The number of carbonyl (C=O) groups excluding carboxylic acids is 1. The maximum absolute atomic E-state index is 11.7. The van der Waals surface area contributed by atoms with Gasteiger partial charge in [0.2, 0.25) is 5.91 Å². The van der Waals surface area contributed by atoms with Crippen LogP contribution in [-0.2, 0) is 16.6 Å². The topological polar surface area (TPSA) is 84.2 Å². The molecule has 1 rings (SSSR count). The van der Waals surface area contributed by atoms with Crippen molar-refractivity contribution in [2.75, 3.05) is 6.54 Å². The molecule has 0 atom stereocenters. The zero-order valence-corrected chi connectivity index (χ0v) is 12.1. The lowest BCUT2D eigenvalue weighted by Gasteiger charge is -2.26. The lowest BCUT2D eigenvalue weighted by atomic mass is 9.82. The third kappa shape index (κ3) is 3.69. The Kier molecular flexibility index (Phi) is 5.49. The van der Waals surface area contributed by atoms with Crippen molar-refractivity contribution in [3.8, 4) is 0 Å². The number of carboxylic acids is 1.